The number of nitrogens with one attached hydrogen (secondary N) is 1. The summed E-state index contributed by atoms with van der Waals surface area (Å²) in [5.74, 6) is 1.98. The Hall–Kier alpha value is -0.220. The molecule has 98 valence electrons. The number of thioether (sulfide) groups is 1. The van der Waals surface area contributed by atoms with E-state index in [0.29, 0.717) is 6.04 Å². The van der Waals surface area contributed by atoms with Gasteiger partial charge in [0, 0.05) is 6.04 Å². The van der Waals surface area contributed by atoms with Crippen LogP contribution >= 0.6 is 11.8 Å². The fourth-order valence-corrected chi connectivity index (χ4v) is 4.19. The molecule has 3 N–H and O–H groups in total. The van der Waals surface area contributed by atoms with E-state index in [2.05, 4.69) is 5.32 Å². The van der Waals surface area contributed by atoms with E-state index >= 15 is 0 Å². The van der Waals surface area contributed by atoms with E-state index in [9.17, 15) is 4.79 Å². The first-order valence-electron chi connectivity index (χ1n) is 6.88. The van der Waals surface area contributed by atoms with Crippen molar-refractivity contribution in [3.8, 4) is 0 Å². The number of primary amides is 1. The van der Waals surface area contributed by atoms with Gasteiger partial charge in [-0.05, 0) is 37.2 Å². The van der Waals surface area contributed by atoms with E-state index in [1.807, 2.05) is 11.8 Å². The van der Waals surface area contributed by atoms with Gasteiger partial charge in [0.1, 0.15) is 0 Å². The summed E-state index contributed by atoms with van der Waals surface area (Å²) in [5, 5.41) is 3.62. The van der Waals surface area contributed by atoms with Crippen LogP contribution < -0.4 is 11.1 Å². The lowest BCUT2D eigenvalue weighted by molar-refractivity contribution is -0.125. The molecule has 0 unspecified atom stereocenters. The van der Waals surface area contributed by atoms with Crippen molar-refractivity contribution in [3.05, 3.63) is 0 Å². The van der Waals surface area contributed by atoms with E-state index in [-0.39, 0.29) is 5.91 Å². The summed E-state index contributed by atoms with van der Waals surface area (Å²) in [5.41, 5.74) is 5.25. The normalized spacial score (nSPS) is 26.4. The summed E-state index contributed by atoms with van der Waals surface area (Å²) >= 11 is 1.93. The Morgan fingerprint density at radius 2 is 1.71 bits per heavy atom. The third-order valence-electron chi connectivity index (χ3n) is 4.15. The minimum atomic E-state index is -0.403. The summed E-state index contributed by atoms with van der Waals surface area (Å²) in [7, 11) is 0. The Morgan fingerprint density at radius 3 is 2.24 bits per heavy atom. The van der Waals surface area contributed by atoms with Crippen molar-refractivity contribution in [2.24, 2.45) is 5.73 Å². The zero-order valence-electron chi connectivity index (χ0n) is 10.5. The predicted molar refractivity (Wildman–Crippen MR) is 73.1 cm³/mol. The van der Waals surface area contributed by atoms with E-state index in [4.69, 9.17) is 5.73 Å². The molecule has 0 atom stereocenters. The molecular formula is C13H24N2OS. The molecule has 1 aliphatic heterocycles. The van der Waals surface area contributed by atoms with Gasteiger partial charge in [-0.2, -0.15) is 11.8 Å². The van der Waals surface area contributed by atoms with Crippen molar-refractivity contribution in [3.63, 3.8) is 0 Å². The fourth-order valence-electron chi connectivity index (χ4n) is 3.00. The van der Waals surface area contributed by atoms with Gasteiger partial charge in [-0.25, -0.2) is 0 Å². The Balaban J connectivity index is 1.98. The van der Waals surface area contributed by atoms with Crippen LogP contribution in [-0.2, 0) is 4.79 Å². The molecule has 1 amide bonds. The maximum Gasteiger partial charge on any atom is 0.237 e. The van der Waals surface area contributed by atoms with Gasteiger partial charge in [0.2, 0.25) is 5.91 Å². The van der Waals surface area contributed by atoms with Gasteiger partial charge < -0.3 is 11.1 Å². The fraction of sp³-hybridized carbons (Fsp3) is 0.923. The molecule has 0 aromatic heterocycles. The topological polar surface area (TPSA) is 55.1 Å². The molecule has 0 spiro atoms. The highest BCUT2D eigenvalue weighted by Gasteiger charge is 2.39. The molecule has 4 heteroatoms. The number of rotatable bonds is 3. The van der Waals surface area contributed by atoms with Crippen LogP contribution in [0, 0.1) is 0 Å². The summed E-state index contributed by atoms with van der Waals surface area (Å²) in [6.45, 7) is 0. The molecule has 0 radical (unpaired) electrons. The average molecular weight is 256 g/mol. The average Bonchev–Trinajstić information content (AvgIpc) is 2.59. The van der Waals surface area contributed by atoms with E-state index in [1.165, 1.54) is 38.5 Å². The van der Waals surface area contributed by atoms with Gasteiger partial charge >= 0.3 is 0 Å². The van der Waals surface area contributed by atoms with Gasteiger partial charge in [-0.15, -0.1) is 0 Å². The molecule has 0 aromatic carbocycles. The second-order valence-electron chi connectivity index (χ2n) is 5.39. The van der Waals surface area contributed by atoms with Crippen molar-refractivity contribution in [1.82, 2.24) is 5.32 Å². The Bertz CT molecular complexity index is 256. The van der Waals surface area contributed by atoms with Crippen molar-refractivity contribution in [2.45, 2.75) is 62.9 Å². The third-order valence-corrected chi connectivity index (χ3v) is 5.14. The number of hydrogen-bond donors (Lipinski definition) is 2. The second kappa shape index (κ2) is 6.10. The summed E-state index contributed by atoms with van der Waals surface area (Å²) in [6, 6.07) is 0.507. The van der Waals surface area contributed by atoms with Crippen molar-refractivity contribution in [2.75, 3.05) is 11.5 Å². The molecule has 0 bridgehead atoms. The zero-order chi connectivity index (χ0) is 12.1. The molecule has 2 rings (SSSR count). The Labute approximate surface area is 108 Å². The lowest BCUT2D eigenvalue weighted by Gasteiger charge is -2.38. The van der Waals surface area contributed by atoms with Crippen LogP contribution in [0.3, 0.4) is 0 Å². The van der Waals surface area contributed by atoms with E-state index in [1.54, 1.807) is 0 Å². The van der Waals surface area contributed by atoms with Crippen LogP contribution in [-0.4, -0.2) is 29.0 Å². The first kappa shape index (κ1) is 13.2. The molecule has 2 fully saturated rings. The molecule has 1 saturated carbocycles. The monoisotopic (exact) mass is 256 g/mol. The van der Waals surface area contributed by atoms with Crippen LogP contribution in [0.15, 0.2) is 0 Å². The molecular weight excluding hydrogens is 232 g/mol. The van der Waals surface area contributed by atoms with Gasteiger partial charge in [-0.3, -0.25) is 4.79 Å². The van der Waals surface area contributed by atoms with Gasteiger partial charge in [0.15, 0.2) is 0 Å². The lowest BCUT2D eigenvalue weighted by atomic mass is 9.89. The third kappa shape index (κ3) is 3.38. The van der Waals surface area contributed by atoms with E-state index in [0.717, 1.165) is 24.3 Å². The predicted octanol–water partition coefficient (Wildman–Crippen LogP) is 2.05. The largest absolute Gasteiger partial charge is 0.368 e. The maximum atomic E-state index is 11.8. The molecule has 1 aliphatic carbocycles. The van der Waals surface area contributed by atoms with Crippen LogP contribution in [0.4, 0.5) is 0 Å². The molecule has 1 saturated heterocycles. The highest BCUT2D eigenvalue weighted by atomic mass is 32.2. The van der Waals surface area contributed by atoms with Crippen molar-refractivity contribution in [1.29, 1.82) is 0 Å². The highest BCUT2D eigenvalue weighted by Crippen LogP contribution is 2.29. The quantitative estimate of drug-likeness (QED) is 0.760. The second-order valence-corrected chi connectivity index (χ2v) is 6.62. The van der Waals surface area contributed by atoms with Crippen LogP contribution in [0.2, 0.25) is 0 Å². The van der Waals surface area contributed by atoms with E-state index < -0.39 is 5.54 Å². The van der Waals surface area contributed by atoms with Crippen molar-refractivity contribution >= 4 is 17.7 Å². The molecule has 1 heterocycles. The van der Waals surface area contributed by atoms with Crippen LogP contribution in [0.1, 0.15) is 51.4 Å². The smallest absolute Gasteiger partial charge is 0.237 e. The van der Waals surface area contributed by atoms with Gasteiger partial charge in [0.25, 0.3) is 0 Å². The minimum absolute atomic E-state index is 0.137. The molecule has 17 heavy (non-hydrogen) atoms. The molecule has 0 aromatic rings. The number of nitrogens with two attached hydrogens (primary N) is 1. The lowest BCUT2D eigenvalue weighted by Crippen LogP contribution is -2.60. The molecule has 2 aliphatic rings. The van der Waals surface area contributed by atoms with Gasteiger partial charge in [0.05, 0.1) is 5.54 Å². The number of amides is 1. The zero-order valence-corrected chi connectivity index (χ0v) is 11.4. The summed E-state index contributed by atoms with van der Waals surface area (Å²) in [6.07, 6.45) is 9.51. The SMILES string of the molecule is NC(=O)C1(NC2CCCCCC2)CCSCC1. The number of carbonyl (C=O) groups excluding carboxylic acids is 1. The first-order chi connectivity index (χ1) is 8.23. The summed E-state index contributed by atoms with van der Waals surface area (Å²) in [4.78, 5) is 11.8. The van der Waals surface area contributed by atoms with Crippen molar-refractivity contribution < 1.29 is 4.79 Å². The minimum Gasteiger partial charge on any atom is -0.368 e. The maximum absolute atomic E-state index is 11.8. The summed E-state index contributed by atoms with van der Waals surface area (Å²) < 4.78 is 0. The van der Waals surface area contributed by atoms with Gasteiger partial charge in [-0.1, -0.05) is 25.7 Å². The molecule has 3 nitrogen and oxygen atoms in total. The Kier molecular flexibility index (Phi) is 4.74. The number of carbonyl (C=O) groups is 1. The van der Waals surface area contributed by atoms with Crippen LogP contribution in [0.25, 0.3) is 0 Å². The highest BCUT2D eigenvalue weighted by molar-refractivity contribution is 7.99. The van der Waals surface area contributed by atoms with Crippen LogP contribution in [0.5, 0.6) is 0 Å². The first-order valence-corrected chi connectivity index (χ1v) is 8.04. The standard InChI is InChI=1S/C13H24N2OS/c14-12(16)13(7-9-17-10-8-13)15-11-5-3-1-2-4-6-11/h11,15H,1-10H2,(H2,14,16). The Morgan fingerprint density at radius 1 is 1.12 bits per heavy atom. The number of hydrogen-bond acceptors (Lipinski definition) is 3.